The van der Waals surface area contributed by atoms with Crippen molar-refractivity contribution in [3.05, 3.63) is 35.4 Å². The van der Waals surface area contributed by atoms with Crippen LogP contribution in [0.1, 0.15) is 36.8 Å². The Kier molecular flexibility index (Phi) is 4.87. The zero-order valence-electron chi connectivity index (χ0n) is 11.7. The maximum absolute atomic E-state index is 12.4. The number of benzene rings is 1. The molecule has 0 bridgehead atoms. The molecule has 0 radical (unpaired) electrons. The van der Waals surface area contributed by atoms with E-state index in [1.165, 1.54) is 18.4 Å². The number of alkyl halides is 1. The van der Waals surface area contributed by atoms with Gasteiger partial charge in [0.2, 0.25) is 5.91 Å². The summed E-state index contributed by atoms with van der Waals surface area (Å²) in [6.07, 6.45) is 4.89. The number of rotatable bonds is 3. The van der Waals surface area contributed by atoms with Crippen LogP contribution in [0.4, 0.5) is 0 Å². The van der Waals surface area contributed by atoms with Gasteiger partial charge in [-0.3, -0.25) is 4.79 Å². The van der Waals surface area contributed by atoms with E-state index in [0.29, 0.717) is 6.42 Å². The lowest BCUT2D eigenvalue weighted by Crippen LogP contribution is -2.44. The Morgan fingerprint density at radius 3 is 2.68 bits per heavy atom. The van der Waals surface area contributed by atoms with Crippen molar-refractivity contribution < 1.29 is 4.79 Å². The summed E-state index contributed by atoms with van der Waals surface area (Å²) >= 11 is 6.36. The first kappa shape index (κ1) is 14.4. The van der Waals surface area contributed by atoms with Crippen LogP contribution in [-0.4, -0.2) is 29.3 Å². The van der Waals surface area contributed by atoms with Crippen LogP contribution in [0.3, 0.4) is 0 Å². The first-order valence-electron chi connectivity index (χ1n) is 7.04. The standard InChI is InChI=1S/C16H22ClNO/c1-12-7-3-4-8-13(12)11-16(19)18(2)15-10-6-5-9-14(15)17/h3-4,7-8,14-15H,5-6,9-11H2,1-2H3. The molecule has 0 N–H and O–H groups in total. The van der Waals surface area contributed by atoms with Crippen LogP contribution in [0, 0.1) is 6.92 Å². The lowest BCUT2D eigenvalue weighted by Gasteiger charge is -2.35. The summed E-state index contributed by atoms with van der Waals surface area (Å²) in [4.78, 5) is 14.2. The van der Waals surface area contributed by atoms with Gasteiger partial charge in [0, 0.05) is 13.1 Å². The lowest BCUT2D eigenvalue weighted by atomic mass is 9.93. The van der Waals surface area contributed by atoms with Crippen LogP contribution in [-0.2, 0) is 11.2 Å². The summed E-state index contributed by atoms with van der Waals surface area (Å²) < 4.78 is 0. The minimum Gasteiger partial charge on any atom is -0.341 e. The summed E-state index contributed by atoms with van der Waals surface area (Å²) in [5.41, 5.74) is 2.29. The molecule has 2 unspecified atom stereocenters. The molecule has 19 heavy (non-hydrogen) atoms. The fourth-order valence-electron chi connectivity index (χ4n) is 2.78. The molecular formula is C16H22ClNO. The number of nitrogens with zero attached hydrogens (tertiary/aromatic N) is 1. The van der Waals surface area contributed by atoms with Gasteiger partial charge in [-0.05, 0) is 30.9 Å². The predicted molar refractivity (Wildman–Crippen MR) is 79.6 cm³/mol. The maximum Gasteiger partial charge on any atom is 0.227 e. The summed E-state index contributed by atoms with van der Waals surface area (Å²) in [6.45, 7) is 2.05. The van der Waals surface area contributed by atoms with Crippen LogP contribution in [0.2, 0.25) is 0 Å². The number of carbonyl (C=O) groups excluding carboxylic acids is 1. The van der Waals surface area contributed by atoms with Crippen molar-refractivity contribution in [3.63, 3.8) is 0 Å². The van der Waals surface area contributed by atoms with Gasteiger partial charge >= 0.3 is 0 Å². The molecule has 1 aromatic rings. The highest BCUT2D eigenvalue weighted by Gasteiger charge is 2.29. The highest BCUT2D eigenvalue weighted by Crippen LogP contribution is 2.27. The van der Waals surface area contributed by atoms with Crippen LogP contribution in [0.5, 0.6) is 0 Å². The fraction of sp³-hybridized carbons (Fsp3) is 0.562. The van der Waals surface area contributed by atoms with Gasteiger partial charge in [-0.25, -0.2) is 0 Å². The Hall–Kier alpha value is -1.02. The molecule has 2 rings (SSSR count). The highest BCUT2D eigenvalue weighted by atomic mass is 35.5. The highest BCUT2D eigenvalue weighted by molar-refractivity contribution is 6.21. The number of carbonyl (C=O) groups is 1. The first-order valence-corrected chi connectivity index (χ1v) is 7.47. The largest absolute Gasteiger partial charge is 0.341 e. The predicted octanol–water partition coefficient (Wildman–Crippen LogP) is 3.55. The second kappa shape index (κ2) is 6.42. The molecule has 1 aliphatic rings. The van der Waals surface area contributed by atoms with Gasteiger partial charge in [-0.2, -0.15) is 0 Å². The van der Waals surface area contributed by atoms with Crippen molar-refractivity contribution in [3.8, 4) is 0 Å². The minimum atomic E-state index is 0.111. The molecule has 1 aliphatic carbocycles. The van der Waals surface area contributed by atoms with Gasteiger partial charge in [-0.15, -0.1) is 11.6 Å². The molecule has 1 fully saturated rings. The van der Waals surface area contributed by atoms with E-state index in [-0.39, 0.29) is 17.3 Å². The third kappa shape index (κ3) is 3.50. The number of likely N-dealkylation sites (N-methyl/N-ethyl adjacent to an activating group) is 1. The summed E-state index contributed by atoms with van der Waals surface area (Å²) in [6, 6.07) is 8.27. The number of hydrogen-bond acceptors (Lipinski definition) is 1. The molecule has 0 aromatic heterocycles. The third-order valence-electron chi connectivity index (χ3n) is 4.14. The third-order valence-corrected chi connectivity index (χ3v) is 4.65. The number of halogens is 1. The zero-order valence-corrected chi connectivity index (χ0v) is 12.5. The van der Waals surface area contributed by atoms with E-state index in [4.69, 9.17) is 11.6 Å². The van der Waals surface area contributed by atoms with E-state index in [9.17, 15) is 4.79 Å². The Morgan fingerprint density at radius 1 is 1.32 bits per heavy atom. The van der Waals surface area contributed by atoms with E-state index in [1.54, 1.807) is 0 Å². The first-order chi connectivity index (χ1) is 9.09. The molecule has 0 saturated heterocycles. The van der Waals surface area contributed by atoms with Gasteiger partial charge in [0.05, 0.1) is 11.8 Å². The second-order valence-corrected chi connectivity index (χ2v) is 6.04. The zero-order chi connectivity index (χ0) is 13.8. The molecular weight excluding hydrogens is 258 g/mol. The topological polar surface area (TPSA) is 20.3 Å². The van der Waals surface area contributed by atoms with Crippen LogP contribution >= 0.6 is 11.6 Å². The maximum atomic E-state index is 12.4. The second-order valence-electron chi connectivity index (χ2n) is 5.48. The summed E-state index contributed by atoms with van der Waals surface area (Å²) in [5.74, 6) is 0.173. The van der Waals surface area contributed by atoms with Gasteiger partial charge in [0.1, 0.15) is 0 Å². The fourth-order valence-corrected chi connectivity index (χ4v) is 3.23. The van der Waals surface area contributed by atoms with E-state index in [0.717, 1.165) is 18.4 Å². The van der Waals surface area contributed by atoms with Crippen LogP contribution in [0.25, 0.3) is 0 Å². The number of hydrogen-bond donors (Lipinski definition) is 0. The van der Waals surface area contributed by atoms with Crippen molar-refractivity contribution in [2.45, 2.75) is 50.4 Å². The molecule has 104 valence electrons. The minimum absolute atomic E-state index is 0.111. The van der Waals surface area contributed by atoms with Crippen molar-refractivity contribution in [1.29, 1.82) is 0 Å². The normalized spacial score (nSPS) is 23.1. The van der Waals surface area contributed by atoms with Gasteiger partial charge < -0.3 is 4.90 Å². The summed E-state index contributed by atoms with van der Waals surface area (Å²) in [5, 5.41) is 0.111. The molecule has 1 aromatic carbocycles. The molecule has 0 heterocycles. The summed E-state index contributed by atoms with van der Waals surface area (Å²) in [7, 11) is 1.89. The average Bonchev–Trinajstić information content (AvgIpc) is 2.41. The van der Waals surface area contributed by atoms with Crippen molar-refractivity contribution in [2.24, 2.45) is 0 Å². The molecule has 2 atom stereocenters. The van der Waals surface area contributed by atoms with Crippen molar-refractivity contribution >= 4 is 17.5 Å². The lowest BCUT2D eigenvalue weighted by molar-refractivity contribution is -0.131. The van der Waals surface area contributed by atoms with E-state index >= 15 is 0 Å². The molecule has 1 saturated carbocycles. The Labute approximate surface area is 120 Å². The Balaban J connectivity index is 2.01. The monoisotopic (exact) mass is 279 g/mol. The molecule has 2 nitrogen and oxygen atoms in total. The van der Waals surface area contributed by atoms with Crippen molar-refractivity contribution in [1.82, 2.24) is 4.90 Å². The van der Waals surface area contributed by atoms with Gasteiger partial charge in [-0.1, -0.05) is 37.1 Å². The Morgan fingerprint density at radius 2 is 2.00 bits per heavy atom. The number of amides is 1. The van der Waals surface area contributed by atoms with Crippen LogP contribution < -0.4 is 0 Å². The van der Waals surface area contributed by atoms with Crippen molar-refractivity contribution in [2.75, 3.05) is 7.05 Å². The molecule has 0 aliphatic heterocycles. The Bertz CT molecular complexity index is 446. The SMILES string of the molecule is Cc1ccccc1CC(=O)N(C)C1CCCCC1Cl. The quantitative estimate of drug-likeness (QED) is 0.775. The van der Waals surface area contributed by atoms with Gasteiger partial charge in [0.15, 0.2) is 0 Å². The number of aryl methyl sites for hydroxylation is 1. The van der Waals surface area contributed by atoms with Crippen LogP contribution in [0.15, 0.2) is 24.3 Å². The van der Waals surface area contributed by atoms with E-state index in [2.05, 4.69) is 0 Å². The molecule has 3 heteroatoms. The molecule has 0 spiro atoms. The van der Waals surface area contributed by atoms with E-state index < -0.39 is 0 Å². The molecule has 1 amide bonds. The average molecular weight is 280 g/mol. The smallest absolute Gasteiger partial charge is 0.227 e. The van der Waals surface area contributed by atoms with E-state index in [1.807, 2.05) is 43.1 Å². The van der Waals surface area contributed by atoms with Gasteiger partial charge in [0.25, 0.3) is 0 Å².